The molecule has 0 bridgehead atoms. The molecule has 43 valence electrons. The average Bonchev–Trinajstić information content (AvgIpc) is 1.31. The Morgan fingerprint density at radius 3 is 2.00 bits per heavy atom. The summed E-state index contributed by atoms with van der Waals surface area (Å²) in [4.78, 5) is -0.262. The molecule has 1 radical (unpaired) electrons. The van der Waals surface area contributed by atoms with Crippen LogP contribution >= 0.6 is 43.5 Å². The Morgan fingerprint density at radius 2 is 2.00 bits per heavy atom. The molecule has 0 fully saturated rings. The maximum Gasteiger partial charge on any atom is 0.242 e. The van der Waals surface area contributed by atoms with Crippen molar-refractivity contribution in [1.82, 2.24) is 0 Å². The molecule has 2 atom stereocenters. The van der Waals surface area contributed by atoms with Crippen molar-refractivity contribution in [2.75, 3.05) is 0 Å². The minimum Gasteiger partial charge on any atom is -0.198 e. The first-order valence-electron chi connectivity index (χ1n) is 1.67. The van der Waals surface area contributed by atoms with Gasteiger partial charge in [0.1, 0.15) is 0 Å². The van der Waals surface area contributed by atoms with E-state index in [1.165, 1.54) is 0 Å². The molecule has 0 saturated heterocycles. The first kappa shape index (κ1) is 8.21. The van der Waals surface area contributed by atoms with Crippen molar-refractivity contribution in [1.29, 1.82) is 0 Å². The highest BCUT2D eigenvalue weighted by atomic mass is 79.9. The standard InChI is InChI=1S/C3H4Br2ClO/c1-2(4)3(5,6)7/h2H,1H3. The van der Waals surface area contributed by atoms with Crippen LogP contribution in [0.1, 0.15) is 6.92 Å². The van der Waals surface area contributed by atoms with E-state index in [0.29, 0.717) is 0 Å². The summed E-state index contributed by atoms with van der Waals surface area (Å²) in [6.45, 7) is 1.68. The van der Waals surface area contributed by atoms with E-state index >= 15 is 0 Å². The summed E-state index contributed by atoms with van der Waals surface area (Å²) in [5.74, 6) is 0. The Hall–Kier alpha value is 1.21. The van der Waals surface area contributed by atoms with E-state index in [-0.39, 0.29) is 4.83 Å². The van der Waals surface area contributed by atoms with Crippen LogP contribution in [0.5, 0.6) is 0 Å². The number of alkyl halides is 3. The summed E-state index contributed by atoms with van der Waals surface area (Å²) in [6, 6.07) is 0. The molecule has 7 heavy (non-hydrogen) atoms. The molecule has 0 spiro atoms. The minimum atomic E-state index is -1.55. The largest absolute Gasteiger partial charge is 0.242 e. The van der Waals surface area contributed by atoms with E-state index in [2.05, 4.69) is 31.9 Å². The molecule has 0 aliphatic rings. The van der Waals surface area contributed by atoms with Crippen LogP contribution in [0.15, 0.2) is 0 Å². The zero-order valence-corrected chi connectivity index (χ0v) is 7.55. The maximum absolute atomic E-state index is 10.4. The smallest absolute Gasteiger partial charge is 0.198 e. The molecular formula is C3H4Br2ClO. The predicted molar refractivity (Wildman–Crippen MR) is 36.6 cm³/mol. The van der Waals surface area contributed by atoms with Gasteiger partial charge >= 0.3 is 0 Å². The molecule has 0 aromatic carbocycles. The predicted octanol–water partition coefficient (Wildman–Crippen LogP) is 2.49. The highest BCUT2D eigenvalue weighted by Gasteiger charge is 2.27. The zero-order chi connectivity index (χ0) is 6.08. The molecule has 0 aromatic rings. The third-order valence-corrected chi connectivity index (χ3v) is 3.00. The van der Waals surface area contributed by atoms with Crippen LogP contribution in [0.2, 0.25) is 0 Å². The fraction of sp³-hybridized carbons (Fsp3) is 1.00. The fourth-order valence-corrected chi connectivity index (χ4v) is 0. The second kappa shape index (κ2) is 2.67. The number of hydrogen-bond donors (Lipinski definition) is 0. The Labute approximate surface area is 64.3 Å². The highest BCUT2D eigenvalue weighted by molar-refractivity contribution is 9.12. The van der Waals surface area contributed by atoms with E-state index in [1.807, 2.05) is 0 Å². The van der Waals surface area contributed by atoms with Gasteiger partial charge in [-0.2, -0.15) is 5.11 Å². The van der Waals surface area contributed by atoms with Crippen molar-refractivity contribution in [3.8, 4) is 0 Å². The Kier molecular flexibility index (Phi) is 3.13. The second-order valence-electron chi connectivity index (χ2n) is 1.18. The van der Waals surface area contributed by atoms with Gasteiger partial charge in [-0.25, -0.2) is 0 Å². The fourth-order valence-electron chi connectivity index (χ4n) is 0. The molecule has 0 rings (SSSR count). The lowest BCUT2D eigenvalue weighted by atomic mass is 10.5. The van der Waals surface area contributed by atoms with Gasteiger partial charge in [0.05, 0.1) is 4.83 Å². The minimum absolute atomic E-state index is 0.262. The van der Waals surface area contributed by atoms with Gasteiger partial charge < -0.3 is 0 Å². The van der Waals surface area contributed by atoms with Crippen molar-refractivity contribution in [3.05, 3.63) is 0 Å². The zero-order valence-electron chi connectivity index (χ0n) is 3.62. The lowest BCUT2D eigenvalue weighted by Gasteiger charge is -2.10. The quantitative estimate of drug-likeness (QED) is 0.638. The molecule has 0 N–H and O–H groups in total. The first-order valence-corrected chi connectivity index (χ1v) is 3.75. The maximum atomic E-state index is 10.4. The molecule has 0 saturated carbocycles. The first-order chi connectivity index (χ1) is 2.94. The number of rotatable bonds is 1. The SMILES string of the molecule is CC(Br)C([O])(Cl)Br. The van der Waals surface area contributed by atoms with Crippen LogP contribution in [-0.2, 0) is 5.11 Å². The summed E-state index contributed by atoms with van der Waals surface area (Å²) < 4.78 is -1.55. The van der Waals surface area contributed by atoms with Gasteiger partial charge in [-0.15, -0.1) is 0 Å². The van der Waals surface area contributed by atoms with Crippen LogP contribution in [-0.4, -0.2) is 8.80 Å². The normalized spacial score (nSPS) is 23.6. The van der Waals surface area contributed by atoms with Gasteiger partial charge in [0.15, 0.2) is 0 Å². The van der Waals surface area contributed by atoms with Crippen LogP contribution in [0.4, 0.5) is 0 Å². The van der Waals surface area contributed by atoms with Crippen molar-refractivity contribution < 1.29 is 5.11 Å². The van der Waals surface area contributed by atoms with Crippen molar-refractivity contribution in [2.24, 2.45) is 0 Å². The molecule has 0 amide bonds. The van der Waals surface area contributed by atoms with Gasteiger partial charge in [-0.05, 0) is 22.9 Å². The van der Waals surface area contributed by atoms with Crippen LogP contribution in [0.3, 0.4) is 0 Å². The monoisotopic (exact) mass is 249 g/mol. The molecule has 2 unspecified atom stereocenters. The molecular weight excluding hydrogens is 247 g/mol. The summed E-state index contributed by atoms with van der Waals surface area (Å²) in [5, 5.41) is 10.4. The lowest BCUT2D eigenvalue weighted by Crippen LogP contribution is -2.18. The third kappa shape index (κ3) is 3.76. The molecule has 0 heterocycles. The second-order valence-corrected chi connectivity index (χ2v) is 4.75. The third-order valence-electron chi connectivity index (χ3n) is 0.463. The highest BCUT2D eigenvalue weighted by Crippen LogP contribution is 2.29. The number of halogens is 3. The van der Waals surface area contributed by atoms with Crippen molar-refractivity contribution in [3.63, 3.8) is 0 Å². The summed E-state index contributed by atoms with van der Waals surface area (Å²) in [6.07, 6.45) is 0. The summed E-state index contributed by atoms with van der Waals surface area (Å²) in [5.41, 5.74) is 0. The van der Waals surface area contributed by atoms with Crippen LogP contribution < -0.4 is 0 Å². The summed E-state index contributed by atoms with van der Waals surface area (Å²) in [7, 11) is 0. The molecule has 4 heteroatoms. The summed E-state index contributed by atoms with van der Waals surface area (Å²) >= 11 is 10.9. The molecule has 0 aliphatic carbocycles. The molecule has 0 aliphatic heterocycles. The van der Waals surface area contributed by atoms with Crippen LogP contribution in [0, 0.1) is 0 Å². The average molecular weight is 251 g/mol. The number of hydrogen-bond acceptors (Lipinski definition) is 0. The van der Waals surface area contributed by atoms with Crippen molar-refractivity contribution >= 4 is 43.5 Å². The Balaban J connectivity index is 3.54. The van der Waals surface area contributed by atoms with Crippen LogP contribution in [0.25, 0.3) is 0 Å². The van der Waals surface area contributed by atoms with E-state index in [4.69, 9.17) is 11.6 Å². The van der Waals surface area contributed by atoms with Crippen molar-refractivity contribution in [2.45, 2.75) is 15.7 Å². The molecule has 1 nitrogen and oxygen atoms in total. The van der Waals surface area contributed by atoms with E-state index < -0.39 is 3.97 Å². The van der Waals surface area contributed by atoms with Gasteiger partial charge in [0.25, 0.3) is 0 Å². The van der Waals surface area contributed by atoms with Gasteiger partial charge in [-0.3, -0.25) is 0 Å². The van der Waals surface area contributed by atoms with E-state index in [1.54, 1.807) is 6.92 Å². The van der Waals surface area contributed by atoms with Gasteiger partial charge in [0, 0.05) is 0 Å². The van der Waals surface area contributed by atoms with Gasteiger partial charge in [0.2, 0.25) is 3.97 Å². The van der Waals surface area contributed by atoms with Gasteiger partial charge in [-0.1, -0.05) is 27.5 Å². The molecule has 0 aromatic heterocycles. The lowest BCUT2D eigenvalue weighted by molar-refractivity contribution is 0.137. The Bertz CT molecular complexity index is 58.4. The van der Waals surface area contributed by atoms with E-state index in [9.17, 15) is 5.11 Å². The Morgan fingerprint density at radius 1 is 1.86 bits per heavy atom. The topological polar surface area (TPSA) is 19.9 Å². The van der Waals surface area contributed by atoms with E-state index in [0.717, 1.165) is 0 Å².